The second-order valence-electron chi connectivity index (χ2n) is 7.23. The van der Waals surface area contributed by atoms with Crippen molar-refractivity contribution in [2.45, 2.75) is 45.6 Å². The Balaban J connectivity index is 1.80. The summed E-state index contributed by atoms with van der Waals surface area (Å²) in [7, 11) is 0. The number of amides is 3. The molecule has 1 unspecified atom stereocenters. The fourth-order valence-corrected chi connectivity index (χ4v) is 3.64. The van der Waals surface area contributed by atoms with Gasteiger partial charge in [0.1, 0.15) is 5.54 Å². The maximum atomic E-state index is 13.1. The second kappa shape index (κ2) is 6.55. The topological polar surface area (TPSA) is 52.7 Å². The van der Waals surface area contributed by atoms with E-state index in [1.54, 1.807) is 0 Å². The van der Waals surface area contributed by atoms with Crippen LogP contribution in [0.25, 0.3) is 0 Å². The van der Waals surface area contributed by atoms with E-state index >= 15 is 0 Å². The van der Waals surface area contributed by atoms with Crippen molar-refractivity contribution in [1.29, 1.82) is 0 Å². The van der Waals surface area contributed by atoms with Crippen LogP contribution in [-0.2, 0) is 10.3 Å². The normalized spacial score (nSPS) is 26.0. The first-order chi connectivity index (χ1) is 11.5. The summed E-state index contributed by atoms with van der Waals surface area (Å²) in [4.78, 5) is 29.2. The van der Waals surface area contributed by atoms with Crippen molar-refractivity contribution in [3.63, 3.8) is 0 Å². The number of aryl methyl sites for hydroxylation is 1. The highest BCUT2D eigenvalue weighted by atomic mass is 16.2. The van der Waals surface area contributed by atoms with Gasteiger partial charge in [0, 0.05) is 13.1 Å². The number of piperidine rings is 1. The lowest BCUT2D eigenvalue weighted by molar-refractivity contribution is -0.133. The molecule has 0 spiro atoms. The zero-order valence-electron chi connectivity index (χ0n) is 14.8. The quantitative estimate of drug-likeness (QED) is 0.864. The molecule has 1 aromatic carbocycles. The Kier molecular flexibility index (Phi) is 4.63. The molecule has 24 heavy (non-hydrogen) atoms. The molecule has 5 heteroatoms. The number of urea groups is 1. The van der Waals surface area contributed by atoms with Crippen LogP contribution in [0.5, 0.6) is 0 Å². The first-order valence-corrected chi connectivity index (χ1v) is 8.90. The maximum Gasteiger partial charge on any atom is 0.326 e. The van der Waals surface area contributed by atoms with E-state index in [1.165, 1.54) is 4.90 Å². The minimum absolute atomic E-state index is 0.127. The van der Waals surface area contributed by atoms with Gasteiger partial charge in [-0.2, -0.15) is 0 Å². The molecule has 2 aliphatic rings. The van der Waals surface area contributed by atoms with Gasteiger partial charge in [0.2, 0.25) is 0 Å². The highest BCUT2D eigenvalue weighted by molar-refractivity contribution is 6.07. The van der Waals surface area contributed by atoms with E-state index in [2.05, 4.69) is 17.1 Å². The standard InChI is InChI=1S/C19H27N3O2/c1-4-19(16-7-5-14(2)6-8-16)17(23)22(18(24)20-19)13-21-11-9-15(3)10-12-21/h5-8,15H,4,9-13H2,1-3H3,(H,20,24). The molecule has 0 aromatic heterocycles. The van der Waals surface area contributed by atoms with Gasteiger partial charge in [-0.05, 0) is 37.7 Å². The molecule has 1 N–H and O–H groups in total. The zero-order valence-corrected chi connectivity index (χ0v) is 14.8. The smallest absolute Gasteiger partial charge is 0.319 e. The first kappa shape index (κ1) is 17.0. The Morgan fingerprint density at radius 1 is 1.17 bits per heavy atom. The molecule has 2 fully saturated rings. The van der Waals surface area contributed by atoms with Gasteiger partial charge in [0.15, 0.2) is 0 Å². The van der Waals surface area contributed by atoms with Crippen LogP contribution in [0, 0.1) is 12.8 Å². The van der Waals surface area contributed by atoms with E-state index in [0.29, 0.717) is 13.1 Å². The minimum Gasteiger partial charge on any atom is -0.319 e. The van der Waals surface area contributed by atoms with Crippen LogP contribution in [0.4, 0.5) is 4.79 Å². The van der Waals surface area contributed by atoms with Gasteiger partial charge in [0.05, 0.1) is 6.67 Å². The molecule has 130 valence electrons. The maximum absolute atomic E-state index is 13.1. The van der Waals surface area contributed by atoms with Crippen LogP contribution < -0.4 is 5.32 Å². The third kappa shape index (κ3) is 2.93. The summed E-state index contributed by atoms with van der Waals surface area (Å²) in [5, 5.41) is 2.96. The monoisotopic (exact) mass is 329 g/mol. The van der Waals surface area contributed by atoms with Crippen LogP contribution in [0.3, 0.4) is 0 Å². The van der Waals surface area contributed by atoms with Crippen molar-refractivity contribution < 1.29 is 9.59 Å². The van der Waals surface area contributed by atoms with Crippen molar-refractivity contribution in [2.75, 3.05) is 19.8 Å². The number of nitrogens with one attached hydrogen (secondary N) is 1. The predicted octanol–water partition coefficient (Wildman–Crippen LogP) is 2.84. The van der Waals surface area contributed by atoms with E-state index in [9.17, 15) is 9.59 Å². The number of hydrogen-bond acceptors (Lipinski definition) is 3. The Morgan fingerprint density at radius 3 is 2.38 bits per heavy atom. The molecule has 3 amide bonds. The highest BCUT2D eigenvalue weighted by Gasteiger charge is 2.51. The summed E-state index contributed by atoms with van der Waals surface area (Å²) in [5.41, 5.74) is 1.08. The van der Waals surface area contributed by atoms with Gasteiger partial charge in [-0.3, -0.25) is 9.69 Å². The summed E-state index contributed by atoms with van der Waals surface area (Å²) in [6.07, 6.45) is 2.80. The van der Waals surface area contributed by atoms with E-state index < -0.39 is 5.54 Å². The number of carbonyl (C=O) groups excluding carboxylic acids is 2. The van der Waals surface area contributed by atoms with Crippen LogP contribution in [0.1, 0.15) is 44.2 Å². The highest BCUT2D eigenvalue weighted by Crippen LogP contribution is 2.33. The second-order valence-corrected chi connectivity index (χ2v) is 7.23. The summed E-state index contributed by atoms with van der Waals surface area (Å²) in [5.74, 6) is 0.601. The number of hydrogen-bond donors (Lipinski definition) is 1. The Hall–Kier alpha value is -1.88. The molecule has 0 aliphatic carbocycles. The van der Waals surface area contributed by atoms with Gasteiger partial charge in [0.25, 0.3) is 5.91 Å². The molecule has 0 radical (unpaired) electrons. The molecule has 0 saturated carbocycles. The van der Waals surface area contributed by atoms with Crippen LogP contribution in [0.15, 0.2) is 24.3 Å². The van der Waals surface area contributed by atoms with Gasteiger partial charge < -0.3 is 5.32 Å². The van der Waals surface area contributed by atoms with E-state index in [0.717, 1.165) is 43.0 Å². The van der Waals surface area contributed by atoms with Gasteiger partial charge >= 0.3 is 6.03 Å². The SMILES string of the molecule is CCC1(c2ccc(C)cc2)NC(=O)N(CN2CCC(C)CC2)C1=O. The largest absolute Gasteiger partial charge is 0.326 e. The summed E-state index contributed by atoms with van der Waals surface area (Å²) in [6, 6.07) is 7.59. The lowest BCUT2D eigenvalue weighted by atomic mass is 9.87. The van der Waals surface area contributed by atoms with Crippen molar-refractivity contribution in [1.82, 2.24) is 15.1 Å². The Morgan fingerprint density at radius 2 is 1.79 bits per heavy atom. The molecular formula is C19H27N3O2. The summed E-state index contributed by atoms with van der Waals surface area (Å²) in [6.45, 7) is 8.50. The average Bonchev–Trinajstić information content (AvgIpc) is 2.82. The average molecular weight is 329 g/mol. The van der Waals surface area contributed by atoms with Crippen LogP contribution >= 0.6 is 0 Å². The third-order valence-electron chi connectivity index (χ3n) is 5.47. The van der Waals surface area contributed by atoms with Crippen molar-refractivity contribution in [2.24, 2.45) is 5.92 Å². The fraction of sp³-hybridized carbons (Fsp3) is 0.579. The van der Waals surface area contributed by atoms with Crippen molar-refractivity contribution >= 4 is 11.9 Å². The molecular weight excluding hydrogens is 302 g/mol. The molecule has 1 atom stereocenters. The van der Waals surface area contributed by atoms with Crippen molar-refractivity contribution in [3.05, 3.63) is 35.4 Å². The minimum atomic E-state index is -0.923. The molecule has 2 heterocycles. The summed E-state index contributed by atoms with van der Waals surface area (Å²) < 4.78 is 0. The molecule has 2 saturated heterocycles. The number of rotatable bonds is 4. The number of benzene rings is 1. The fourth-order valence-electron chi connectivity index (χ4n) is 3.64. The third-order valence-corrected chi connectivity index (χ3v) is 5.47. The number of carbonyl (C=O) groups is 2. The van der Waals surface area contributed by atoms with E-state index in [1.807, 2.05) is 38.1 Å². The number of imide groups is 1. The predicted molar refractivity (Wildman–Crippen MR) is 93.4 cm³/mol. The van der Waals surface area contributed by atoms with E-state index in [4.69, 9.17) is 0 Å². The van der Waals surface area contributed by atoms with Crippen molar-refractivity contribution in [3.8, 4) is 0 Å². The molecule has 5 nitrogen and oxygen atoms in total. The molecule has 1 aromatic rings. The molecule has 3 rings (SSSR count). The number of nitrogens with zero attached hydrogens (tertiary/aromatic N) is 2. The molecule has 2 aliphatic heterocycles. The van der Waals surface area contributed by atoms with E-state index in [-0.39, 0.29) is 11.9 Å². The van der Waals surface area contributed by atoms with Gasteiger partial charge in [-0.25, -0.2) is 9.69 Å². The van der Waals surface area contributed by atoms with Gasteiger partial charge in [-0.1, -0.05) is 43.7 Å². The lowest BCUT2D eigenvalue weighted by Crippen LogP contribution is -2.46. The molecule has 0 bridgehead atoms. The first-order valence-electron chi connectivity index (χ1n) is 8.90. The van der Waals surface area contributed by atoms with Gasteiger partial charge in [-0.15, -0.1) is 0 Å². The summed E-state index contributed by atoms with van der Waals surface area (Å²) >= 11 is 0. The lowest BCUT2D eigenvalue weighted by Gasteiger charge is -2.32. The number of likely N-dealkylation sites (tertiary alicyclic amines) is 1. The Bertz CT molecular complexity index is 620. The zero-order chi connectivity index (χ0) is 17.3. The van der Waals surface area contributed by atoms with Crippen LogP contribution in [-0.4, -0.2) is 41.5 Å². The van der Waals surface area contributed by atoms with Crippen LogP contribution in [0.2, 0.25) is 0 Å². The Labute approximate surface area is 144 Å².